The van der Waals surface area contributed by atoms with Gasteiger partial charge in [-0.2, -0.15) is 0 Å². The maximum absolute atomic E-state index is 12.5. The number of hydrogen-bond donors (Lipinski definition) is 0. The van der Waals surface area contributed by atoms with Crippen molar-refractivity contribution in [1.29, 1.82) is 0 Å². The van der Waals surface area contributed by atoms with E-state index in [1.54, 1.807) is 0 Å². The van der Waals surface area contributed by atoms with Crippen LogP contribution in [0.2, 0.25) is 0 Å². The van der Waals surface area contributed by atoms with E-state index in [1.807, 2.05) is 30.3 Å². The van der Waals surface area contributed by atoms with E-state index in [1.165, 1.54) is 36.8 Å². The molecule has 1 heterocycles. The second-order valence-corrected chi connectivity index (χ2v) is 6.64. The summed E-state index contributed by atoms with van der Waals surface area (Å²) < 4.78 is 5.51. The molecule has 0 aliphatic heterocycles. The average Bonchev–Trinajstić information content (AvgIpc) is 2.64. The largest absolute Gasteiger partial charge is 0.422 e. The Bertz CT molecular complexity index is 905. The van der Waals surface area contributed by atoms with Gasteiger partial charge in [0.25, 0.3) is 0 Å². The minimum absolute atomic E-state index is 0.260. The highest BCUT2D eigenvalue weighted by molar-refractivity contribution is 5.82. The van der Waals surface area contributed by atoms with Crippen molar-refractivity contribution in [3.05, 3.63) is 70.1 Å². The Morgan fingerprint density at radius 1 is 0.880 bits per heavy atom. The van der Waals surface area contributed by atoms with Gasteiger partial charge in [0.2, 0.25) is 0 Å². The maximum atomic E-state index is 12.5. The van der Waals surface area contributed by atoms with Crippen LogP contribution in [0.3, 0.4) is 0 Å². The van der Waals surface area contributed by atoms with E-state index < -0.39 is 0 Å². The third-order valence-corrected chi connectivity index (χ3v) is 4.80. The van der Waals surface area contributed by atoms with Crippen LogP contribution in [-0.4, -0.2) is 0 Å². The molecule has 0 aliphatic rings. The van der Waals surface area contributed by atoms with Gasteiger partial charge in [-0.3, -0.25) is 0 Å². The highest BCUT2D eigenvalue weighted by Gasteiger charge is 2.11. The van der Waals surface area contributed by atoms with Gasteiger partial charge in [-0.15, -0.1) is 0 Å². The van der Waals surface area contributed by atoms with Crippen molar-refractivity contribution in [1.82, 2.24) is 0 Å². The fraction of sp³-hybridized carbons (Fsp3) is 0.348. The van der Waals surface area contributed by atoms with Crippen LogP contribution < -0.4 is 5.63 Å². The standard InChI is InChI=1S/C23H26O2/c1-3-5-6-7-10-17-13-14-20(18(4-2)15-17)21-16-19-11-8-9-12-22(19)25-23(21)24/h8-9,11-16H,3-7,10H2,1-2H3. The van der Waals surface area contributed by atoms with Gasteiger partial charge in [-0.25, -0.2) is 4.79 Å². The lowest BCUT2D eigenvalue weighted by Crippen LogP contribution is -2.05. The fourth-order valence-corrected chi connectivity index (χ4v) is 3.36. The summed E-state index contributed by atoms with van der Waals surface area (Å²) >= 11 is 0. The SMILES string of the molecule is CCCCCCc1ccc(-c2cc3ccccc3oc2=O)c(CC)c1. The number of fused-ring (bicyclic) bond motifs is 1. The zero-order chi connectivity index (χ0) is 17.6. The molecule has 2 nitrogen and oxygen atoms in total. The van der Waals surface area contributed by atoms with Crippen LogP contribution in [0.1, 0.15) is 50.7 Å². The molecule has 25 heavy (non-hydrogen) atoms. The molecule has 0 saturated carbocycles. The Morgan fingerprint density at radius 3 is 2.52 bits per heavy atom. The Balaban J connectivity index is 1.94. The summed E-state index contributed by atoms with van der Waals surface area (Å²) in [4.78, 5) is 12.5. The lowest BCUT2D eigenvalue weighted by molar-refractivity contribution is 0.563. The molecule has 0 amide bonds. The molecule has 3 rings (SSSR count). The predicted molar refractivity (Wildman–Crippen MR) is 105 cm³/mol. The Hall–Kier alpha value is -2.35. The molecule has 0 saturated heterocycles. The van der Waals surface area contributed by atoms with Gasteiger partial charge in [0, 0.05) is 5.39 Å². The Labute approximate surface area is 149 Å². The first-order valence-electron chi connectivity index (χ1n) is 9.38. The van der Waals surface area contributed by atoms with Crippen molar-refractivity contribution in [3.8, 4) is 11.1 Å². The average molecular weight is 334 g/mol. The summed E-state index contributed by atoms with van der Waals surface area (Å²) in [5.74, 6) is 0. The van der Waals surface area contributed by atoms with Crippen LogP contribution >= 0.6 is 0 Å². The minimum atomic E-state index is -0.260. The van der Waals surface area contributed by atoms with Crippen LogP contribution in [0.25, 0.3) is 22.1 Å². The molecular weight excluding hydrogens is 308 g/mol. The molecule has 0 atom stereocenters. The zero-order valence-corrected chi connectivity index (χ0v) is 15.2. The first kappa shape index (κ1) is 17.5. The van der Waals surface area contributed by atoms with Gasteiger partial charge in [0.15, 0.2) is 0 Å². The van der Waals surface area contributed by atoms with Crippen molar-refractivity contribution in [3.63, 3.8) is 0 Å². The van der Waals surface area contributed by atoms with Crippen LogP contribution in [0.5, 0.6) is 0 Å². The summed E-state index contributed by atoms with van der Waals surface area (Å²) in [6, 6.07) is 16.1. The fourth-order valence-electron chi connectivity index (χ4n) is 3.36. The highest BCUT2D eigenvalue weighted by Crippen LogP contribution is 2.26. The molecule has 0 unspecified atom stereocenters. The summed E-state index contributed by atoms with van der Waals surface area (Å²) in [5, 5.41) is 0.961. The number of hydrogen-bond acceptors (Lipinski definition) is 2. The summed E-state index contributed by atoms with van der Waals surface area (Å²) in [6.07, 6.45) is 7.10. The molecule has 3 aromatic rings. The third kappa shape index (κ3) is 4.01. The normalized spacial score (nSPS) is 11.1. The predicted octanol–water partition coefficient (Wildman–Crippen LogP) is 6.15. The van der Waals surface area contributed by atoms with Crippen LogP contribution in [0, 0.1) is 0 Å². The van der Waals surface area contributed by atoms with Crippen molar-refractivity contribution in [2.45, 2.75) is 52.4 Å². The van der Waals surface area contributed by atoms with Crippen LogP contribution in [0.4, 0.5) is 0 Å². The molecule has 130 valence electrons. The summed E-state index contributed by atoms with van der Waals surface area (Å²) in [7, 11) is 0. The number of unbranched alkanes of at least 4 members (excludes halogenated alkanes) is 3. The smallest absolute Gasteiger partial charge is 0.344 e. The van der Waals surface area contributed by atoms with Gasteiger partial charge >= 0.3 is 5.63 Å². The van der Waals surface area contributed by atoms with E-state index in [9.17, 15) is 4.79 Å². The minimum Gasteiger partial charge on any atom is -0.422 e. The van der Waals surface area contributed by atoms with E-state index in [0.29, 0.717) is 11.1 Å². The first-order valence-corrected chi connectivity index (χ1v) is 9.38. The van der Waals surface area contributed by atoms with E-state index in [-0.39, 0.29) is 5.63 Å². The van der Waals surface area contributed by atoms with Gasteiger partial charge < -0.3 is 4.42 Å². The molecule has 1 aromatic heterocycles. The van der Waals surface area contributed by atoms with Gasteiger partial charge in [-0.05, 0) is 48.1 Å². The molecule has 0 fully saturated rings. The van der Waals surface area contributed by atoms with Crippen molar-refractivity contribution < 1.29 is 4.42 Å². The lowest BCUT2D eigenvalue weighted by atomic mass is 9.94. The molecule has 2 aromatic carbocycles. The Morgan fingerprint density at radius 2 is 1.72 bits per heavy atom. The van der Waals surface area contributed by atoms with Crippen molar-refractivity contribution >= 4 is 11.0 Å². The quantitative estimate of drug-likeness (QED) is 0.383. The van der Waals surface area contributed by atoms with E-state index in [4.69, 9.17) is 4.42 Å². The second-order valence-electron chi connectivity index (χ2n) is 6.64. The summed E-state index contributed by atoms with van der Waals surface area (Å²) in [5.41, 5.74) is 4.62. The van der Waals surface area contributed by atoms with Gasteiger partial charge in [0.05, 0.1) is 5.56 Å². The van der Waals surface area contributed by atoms with Crippen LogP contribution in [-0.2, 0) is 12.8 Å². The molecule has 2 heteroatoms. The molecule has 0 radical (unpaired) electrons. The molecule has 0 spiro atoms. The number of rotatable bonds is 7. The summed E-state index contributed by atoms with van der Waals surface area (Å²) in [6.45, 7) is 4.38. The third-order valence-electron chi connectivity index (χ3n) is 4.80. The van der Waals surface area contributed by atoms with Gasteiger partial charge in [-0.1, -0.05) is 69.5 Å². The Kier molecular flexibility index (Phi) is 5.70. The monoisotopic (exact) mass is 334 g/mol. The zero-order valence-electron chi connectivity index (χ0n) is 15.2. The maximum Gasteiger partial charge on any atom is 0.344 e. The highest BCUT2D eigenvalue weighted by atomic mass is 16.4. The first-order chi connectivity index (χ1) is 12.2. The lowest BCUT2D eigenvalue weighted by Gasteiger charge is -2.11. The van der Waals surface area contributed by atoms with Crippen molar-refractivity contribution in [2.24, 2.45) is 0 Å². The molecule has 0 bridgehead atoms. The number of para-hydroxylation sites is 1. The number of aryl methyl sites for hydroxylation is 2. The van der Waals surface area contributed by atoms with E-state index in [2.05, 4.69) is 32.0 Å². The van der Waals surface area contributed by atoms with Crippen LogP contribution in [0.15, 0.2) is 57.7 Å². The molecule has 0 N–H and O–H groups in total. The number of benzene rings is 2. The van der Waals surface area contributed by atoms with Crippen molar-refractivity contribution in [2.75, 3.05) is 0 Å². The van der Waals surface area contributed by atoms with E-state index >= 15 is 0 Å². The molecule has 0 aliphatic carbocycles. The van der Waals surface area contributed by atoms with E-state index in [0.717, 1.165) is 23.8 Å². The topological polar surface area (TPSA) is 30.2 Å². The van der Waals surface area contributed by atoms with Gasteiger partial charge in [0.1, 0.15) is 5.58 Å². The molecular formula is C23H26O2. The second kappa shape index (κ2) is 8.15.